The lowest BCUT2D eigenvalue weighted by Gasteiger charge is -2.36. The number of hydrogen-bond acceptors (Lipinski definition) is 4. The summed E-state index contributed by atoms with van der Waals surface area (Å²) < 4.78 is 5.13. The molecular formula is C17H27N3O2. The zero-order chi connectivity index (χ0) is 15.8. The van der Waals surface area contributed by atoms with Crippen molar-refractivity contribution >= 4 is 17.3 Å². The molecular weight excluding hydrogens is 278 g/mol. The number of hydrogen-bond donors (Lipinski definition) is 1. The maximum atomic E-state index is 11.6. The molecule has 1 aromatic carbocycles. The minimum atomic E-state index is 0.0852. The second-order valence-electron chi connectivity index (χ2n) is 5.67. The van der Waals surface area contributed by atoms with Crippen LogP contribution in [0, 0.1) is 0 Å². The first-order valence-corrected chi connectivity index (χ1v) is 8.09. The molecule has 0 unspecified atom stereocenters. The van der Waals surface area contributed by atoms with E-state index < -0.39 is 0 Å². The molecule has 1 N–H and O–H groups in total. The van der Waals surface area contributed by atoms with Gasteiger partial charge in [-0.05, 0) is 30.7 Å². The van der Waals surface area contributed by atoms with Crippen LogP contribution in [0.25, 0.3) is 0 Å². The van der Waals surface area contributed by atoms with Gasteiger partial charge in [-0.1, -0.05) is 6.92 Å². The Hall–Kier alpha value is -1.59. The smallest absolute Gasteiger partial charge is 0.224 e. The van der Waals surface area contributed by atoms with Crippen LogP contribution in [0.3, 0.4) is 0 Å². The number of nitrogens with one attached hydrogen (secondary N) is 1. The summed E-state index contributed by atoms with van der Waals surface area (Å²) in [6.45, 7) is 8.01. The SMILES string of the molecule is CCCC(=O)Nc1ccc(N2CCN(CCOC)CC2)cc1. The van der Waals surface area contributed by atoms with Crippen LogP contribution >= 0.6 is 0 Å². The van der Waals surface area contributed by atoms with Crippen LogP contribution < -0.4 is 10.2 Å². The largest absolute Gasteiger partial charge is 0.383 e. The van der Waals surface area contributed by atoms with E-state index in [0.29, 0.717) is 6.42 Å². The molecule has 5 nitrogen and oxygen atoms in total. The summed E-state index contributed by atoms with van der Waals surface area (Å²) in [6.07, 6.45) is 1.45. The van der Waals surface area contributed by atoms with Crippen molar-refractivity contribution in [1.29, 1.82) is 0 Å². The van der Waals surface area contributed by atoms with Gasteiger partial charge in [0.05, 0.1) is 6.61 Å². The Balaban J connectivity index is 1.82. The van der Waals surface area contributed by atoms with E-state index in [2.05, 4.69) is 27.2 Å². The molecule has 1 aliphatic heterocycles. The molecule has 0 saturated carbocycles. The second kappa shape index (κ2) is 8.76. The molecule has 1 aliphatic rings. The molecule has 0 spiro atoms. The summed E-state index contributed by atoms with van der Waals surface area (Å²) >= 11 is 0. The number of benzene rings is 1. The first-order valence-electron chi connectivity index (χ1n) is 8.09. The van der Waals surface area contributed by atoms with Gasteiger partial charge < -0.3 is 15.0 Å². The van der Waals surface area contributed by atoms with Crippen molar-refractivity contribution in [3.8, 4) is 0 Å². The fourth-order valence-corrected chi connectivity index (χ4v) is 2.66. The summed E-state index contributed by atoms with van der Waals surface area (Å²) in [6, 6.07) is 8.15. The number of carbonyl (C=O) groups is 1. The number of piperazine rings is 1. The maximum Gasteiger partial charge on any atom is 0.224 e. The highest BCUT2D eigenvalue weighted by molar-refractivity contribution is 5.90. The molecule has 5 heteroatoms. The average Bonchev–Trinajstić information content (AvgIpc) is 2.54. The van der Waals surface area contributed by atoms with E-state index in [1.807, 2.05) is 19.1 Å². The van der Waals surface area contributed by atoms with Gasteiger partial charge in [-0.3, -0.25) is 9.69 Å². The minimum absolute atomic E-state index is 0.0852. The molecule has 2 rings (SSSR count). The van der Waals surface area contributed by atoms with Crippen LogP contribution in [0.15, 0.2) is 24.3 Å². The molecule has 1 amide bonds. The highest BCUT2D eigenvalue weighted by Gasteiger charge is 2.16. The Labute approximate surface area is 133 Å². The van der Waals surface area contributed by atoms with E-state index in [1.54, 1.807) is 7.11 Å². The summed E-state index contributed by atoms with van der Waals surface area (Å²) in [5, 5.41) is 2.92. The molecule has 1 fully saturated rings. The van der Waals surface area contributed by atoms with Crippen molar-refractivity contribution in [1.82, 2.24) is 4.90 Å². The third-order valence-electron chi connectivity index (χ3n) is 3.98. The van der Waals surface area contributed by atoms with Crippen molar-refractivity contribution in [2.75, 3.05) is 56.7 Å². The van der Waals surface area contributed by atoms with Crippen molar-refractivity contribution in [2.45, 2.75) is 19.8 Å². The van der Waals surface area contributed by atoms with Crippen LogP contribution in [0.1, 0.15) is 19.8 Å². The molecule has 22 heavy (non-hydrogen) atoms. The van der Waals surface area contributed by atoms with Gasteiger partial charge in [0, 0.05) is 57.6 Å². The Morgan fingerprint density at radius 1 is 1.18 bits per heavy atom. The lowest BCUT2D eigenvalue weighted by molar-refractivity contribution is -0.116. The van der Waals surface area contributed by atoms with Gasteiger partial charge in [0.2, 0.25) is 5.91 Å². The Morgan fingerprint density at radius 2 is 1.86 bits per heavy atom. The van der Waals surface area contributed by atoms with E-state index in [0.717, 1.165) is 51.4 Å². The highest BCUT2D eigenvalue weighted by atomic mass is 16.5. The topological polar surface area (TPSA) is 44.8 Å². The predicted octanol–water partition coefficient (Wildman–Crippen LogP) is 2.19. The molecule has 1 heterocycles. The second-order valence-corrected chi connectivity index (χ2v) is 5.67. The van der Waals surface area contributed by atoms with Crippen molar-refractivity contribution in [3.05, 3.63) is 24.3 Å². The number of anilines is 2. The lowest BCUT2D eigenvalue weighted by atomic mass is 10.2. The van der Waals surface area contributed by atoms with E-state index in [1.165, 1.54) is 5.69 Å². The Bertz CT molecular complexity index is 453. The summed E-state index contributed by atoms with van der Waals surface area (Å²) in [5.74, 6) is 0.0852. The number of carbonyl (C=O) groups excluding carboxylic acids is 1. The van der Waals surface area contributed by atoms with Crippen LogP contribution in [-0.4, -0.2) is 57.2 Å². The molecule has 0 radical (unpaired) electrons. The fraction of sp³-hybridized carbons (Fsp3) is 0.588. The first kappa shape index (κ1) is 16.8. The predicted molar refractivity (Wildman–Crippen MR) is 90.5 cm³/mol. The summed E-state index contributed by atoms with van der Waals surface area (Å²) in [4.78, 5) is 16.4. The van der Waals surface area contributed by atoms with Crippen LogP contribution in [0.5, 0.6) is 0 Å². The summed E-state index contributed by atoms with van der Waals surface area (Å²) in [5.41, 5.74) is 2.10. The molecule has 122 valence electrons. The molecule has 0 aromatic heterocycles. The quantitative estimate of drug-likeness (QED) is 0.839. The Morgan fingerprint density at radius 3 is 2.45 bits per heavy atom. The number of amides is 1. The van der Waals surface area contributed by atoms with Gasteiger partial charge in [0.15, 0.2) is 0 Å². The molecule has 0 aliphatic carbocycles. The fourth-order valence-electron chi connectivity index (χ4n) is 2.66. The van der Waals surface area contributed by atoms with Crippen LogP contribution in [-0.2, 0) is 9.53 Å². The van der Waals surface area contributed by atoms with Gasteiger partial charge in [-0.25, -0.2) is 0 Å². The maximum absolute atomic E-state index is 11.6. The normalized spacial score (nSPS) is 15.8. The molecule has 0 atom stereocenters. The number of ether oxygens (including phenoxy) is 1. The van der Waals surface area contributed by atoms with E-state index in [4.69, 9.17) is 4.74 Å². The van der Waals surface area contributed by atoms with Crippen LogP contribution in [0.2, 0.25) is 0 Å². The highest BCUT2D eigenvalue weighted by Crippen LogP contribution is 2.19. The van der Waals surface area contributed by atoms with E-state index in [9.17, 15) is 4.79 Å². The van der Waals surface area contributed by atoms with Gasteiger partial charge in [0.25, 0.3) is 0 Å². The Kier molecular flexibility index (Phi) is 6.68. The number of rotatable bonds is 7. The third kappa shape index (κ3) is 5.00. The average molecular weight is 305 g/mol. The van der Waals surface area contributed by atoms with Crippen molar-refractivity contribution < 1.29 is 9.53 Å². The van der Waals surface area contributed by atoms with Gasteiger partial charge in [-0.2, -0.15) is 0 Å². The zero-order valence-corrected chi connectivity index (χ0v) is 13.7. The molecule has 1 aromatic rings. The summed E-state index contributed by atoms with van der Waals surface area (Å²) in [7, 11) is 1.75. The van der Waals surface area contributed by atoms with E-state index >= 15 is 0 Å². The van der Waals surface area contributed by atoms with Gasteiger partial charge in [0.1, 0.15) is 0 Å². The van der Waals surface area contributed by atoms with Gasteiger partial charge >= 0.3 is 0 Å². The third-order valence-corrected chi connectivity index (χ3v) is 3.98. The zero-order valence-electron chi connectivity index (χ0n) is 13.7. The number of methoxy groups -OCH3 is 1. The van der Waals surface area contributed by atoms with E-state index in [-0.39, 0.29) is 5.91 Å². The minimum Gasteiger partial charge on any atom is -0.383 e. The van der Waals surface area contributed by atoms with Crippen molar-refractivity contribution in [2.24, 2.45) is 0 Å². The first-order chi connectivity index (χ1) is 10.7. The van der Waals surface area contributed by atoms with Gasteiger partial charge in [-0.15, -0.1) is 0 Å². The monoisotopic (exact) mass is 305 g/mol. The van der Waals surface area contributed by atoms with Crippen LogP contribution in [0.4, 0.5) is 11.4 Å². The molecule has 0 bridgehead atoms. The van der Waals surface area contributed by atoms with Crippen molar-refractivity contribution in [3.63, 3.8) is 0 Å². The molecule has 1 saturated heterocycles. The standard InChI is InChI=1S/C17H27N3O2/c1-3-4-17(21)18-15-5-7-16(8-6-15)20-11-9-19(10-12-20)13-14-22-2/h5-8H,3-4,9-14H2,1-2H3,(H,18,21). The number of nitrogens with zero attached hydrogens (tertiary/aromatic N) is 2. The lowest BCUT2D eigenvalue weighted by Crippen LogP contribution is -2.47.